The Balaban J connectivity index is 2.71. The third-order valence-corrected chi connectivity index (χ3v) is 2.90. The number of oxime groups is 1. The largest absolute Gasteiger partial charge is 0.507 e. The lowest BCUT2D eigenvalue weighted by molar-refractivity contribution is 0.317. The van der Waals surface area contributed by atoms with Gasteiger partial charge >= 0.3 is 0 Å². The highest BCUT2D eigenvalue weighted by molar-refractivity contribution is 6.02. The summed E-state index contributed by atoms with van der Waals surface area (Å²) in [6, 6.07) is 4.97. The number of phenolic OH excluding ortho intramolecular Hbond substituents is 1. The van der Waals surface area contributed by atoms with E-state index in [1.54, 1.807) is 19.2 Å². The van der Waals surface area contributed by atoms with E-state index in [9.17, 15) is 5.11 Å². The van der Waals surface area contributed by atoms with Gasteiger partial charge in [-0.2, -0.15) is 0 Å². The maximum absolute atomic E-state index is 9.85. The predicted octanol–water partition coefficient (Wildman–Crippen LogP) is 3.55. The minimum atomic E-state index is 0.0811. The molecule has 0 fully saturated rings. The lowest BCUT2D eigenvalue weighted by atomic mass is 10.0. The van der Waals surface area contributed by atoms with Crippen molar-refractivity contribution in [2.75, 3.05) is 7.11 Å². The topological polar surface area (TPSA) is 62.1 Å². The third-order valence-electron chi connectivity index (χ3n) is 2.90. The van der Waals surface area contributed by atoms with Gasteiger partial charge in [0.15, 0.2) is 0 Å². The van der Waals surface area contributed by atoms with Crippen LogP contribution in [0.1, 0.15) is 44.6 Å². The molecule has 0 bridgehead atoms. The Morgan fingerprint density at radius 2 is 2.06 bits per heavy atom. The minimum Gasteiger partial charge on any atom is -0.507 e. The number of methoxy groups -OCH3 is 1. The molecule has 0 aliphatic carbocycles. The maximum atomic E-state index is 9.85. The molecule has 0 amide bonds. The Bertz CT molecular complexity index is 402. The third kappa shape index (κ3) is 3.95. The summed E-state index contributed by atoms with van der Waals surface area (Å²) in [5.41, 5.74) is 1.08. The molecule has 0 heterocycles. The van der Waals surface area contributed by atoms with Crippen LogP contribution in [0.2, 0.25) is 0 Å². The molecule has 0 aromatic heterocycles. The Kier molecular flexibility index (Phi) is 6.05. The number of nitrogens with zero attached hydrogens (tertiary/aromatic N) is 1. The summed E-state index contributed by atoms with van der Waals surface area (Å²) in [4.78, 5) is 0. The smallest absolute Gasteiger partial charge is 0.128 e. The summed E-state index contributed by atoms with van der Waals surface area (Å²) in [7, 11) is 1.54. The van der Waals surface area contributed by atoms with Gasteiger partial charge in [-0.3, -0.25) is 0 Å². The van der Waals surface area contributed by atoms with Gasteiger partial charge in [-0.15, -0.1) is 0 Å². The number of unbranched alkanes of at least 4 members (excludes halogenated alkanes) is 3. The van der Waals surface area contributed by atoms with E-state index in [-0.39, 0.29) is 5.75 Å². The Morgan fingerprint density at radius 1 is 1.28 bits per heavy atom. The summed E-state index contributed by atoms with van der Waals surface area (Å²) in [6.45, 7) is 2.15. The van der Waals surface area contributed by atoms with E-state index in [2.05, 4.69) is 12.1 Å². The molecule has 1 aromatic rings. The van der Waals surface area contributed by atoms with Crippen molar-refractivity contribution in [2.24, 2.45) is 5.16 Å². The second-order valence-corrected chi connectivity index (χ2v) is 4.24. The number of hydrogen-bond donors (Lipinski definition) is 2. The quantitative estimate of drug-likeness (QED) is 0.337. The average Bonchev–Trinajstić information content (AvgIpc) is 2.39. The van der Waals surface area contributed by atoms with Crippen LogP contribution >= 0.6 is 0 Å². The van der Waals surface area contributed by atoms with Crippen molar-refractivity contribution in [1.29, 1.82) is 0 Å². The summed E-state index contributed by atoms with van der Waals surface area (Å²) >= 11 is 0. The van der Waals surface area contributed by atoms with Crippen molar-refractivity contribution >= 4 is 5.71 Å². The average molecular weight is 251 g/mol. The van der Waals surface area contributed by atoms with Crippen molar-refractivity contribution in [3.8, 4) is 11.5 Å². The van der Waals surface area contributed by atoms with Crippen LogP contribution in [-0.4, -0.2) is 23.1 Å². The second kappa shape index (κ2) is 7.58. The van der Waals surface area contributed by atoms with Gasteiger partial charge in [0, 0.05) is 11.6 Å². The fourth-order valence-electron chi connectivity index (χ4n) is 1.84. The highest BCUT2D eigenvalue weighted by Gasteiger charge is 2.10. The maximum Gasteiger partial charge on any atom is 0.128 e. The van der Waals surface area contributed by atoms with Crippen LogP contribution in [0.3, 0.4) is 0 Å². The molecule has 1 rings (SSSR count). The van der Waals surface area contributed by atoms with Gasteiger partial charge in [-0.25, -0.2) is 0 Å². The minimum absolute atomic E-state index is 0.0811. The second-order valence-electron chi connectivity index (χ2n) is 4.24. The Labute approximate surface area is 108 Å². The van der Waals surface area contributed by atoms with Crippen LogP contribution in [0.15, 0.2) is 23.4 Å². The number of ether oxygens (including phenoxy) is 1. The van der Waals surface area contributed by atoms with E-state index in [1.165, 1.54) is 18.9 Å². The number of rotatable bonds is 7. The molecule has 0 radical (unpaired) electrons. The molecule has 4 nitrogen and oxygen atoms in total. The van der Waals surface area contributed by atoms with Crippen LogP contribution in [0.4, 0.5) is 0 Å². The lowest BCUT2D eigenvalue weighted by Gasteiger charge is -2.08. The highest BCUT2D eigenvalue weighted by Crippen LogP contribution is 2.25. The zero-order chi connectivity index (χ0) is 13.4. The molecule has 0 aliphatic rings. The number of benzene rings is 1. The number of aromatic hydroxyl groups is 1. The normalized spacial score (nSPS) is 11.6. The van der Waals surface area contributed by atoms with Crippen LogP contribution in [0.25, 0.3) is 0 Å². The van der Waals surface area contributed by atoms with Crippen molar-refractivity contribution in [3.63, 3.8) is 0 Å². The summed E-state index contributed by atoms with van der Waals surface area (Å²) < 4.78 is 5.01. The molecule has 0 aliphatic heterocycles. The Morgan fingerprint density at radius 3 is 2.61 bits per heavy atom. The van der Waals surface area contributed by atoms with E-state index in [1.807, 2.05) is 0 Å². The molecular formula is C14H21NO3. The molecular weight excluding hydrogens is 230 g/mol. The molecule has 100 valence electrons. The zero-order valence-electron chi connectivity index (χ0n) is 11.0. The van der Waals surface area contributed by atoms with Crippen molar-refractivity contribution in [1.82, 2.24) is 0 Å². The summed E-state index contributed by atoms with van der Waals surface area (Å²) in [6.07, 6.45) is 5.06. The molecule has 0 spiro atoms. The van der Waals surface area contributed by atoms with Crippen LogP contribution in [0, 0.1) is 0 Å². The molecule has 4 heteroatoms. The first-order valence-corrected chi connectivity index (χ1v) is 6.31. The summed E-state index contributed by atoms with van der Waals surface area (Å²) in [5, 5.41) is 22.2. The molecule has 1 aromatic carbocycles. The molecule has 0 atom stereocenters. The molecule has 18 heavy (non-hydrogen) atoms. The standard InChI is InChI=1S/C14H21NO3/c1-3-4-5-6-7-13(15-17)12-9-8-11(18-2)10-14(12)16/h8-10,16-17H,3-7H2,1-2H3/b15-13-. The van der Waals surface area contributed by atoms with Crippen molar-refractivity contribution in [2.45, 2.75) is 39.0 Å². The highest BCUT2D eigenvalue weighted by atomic mass is 16.5. The fourth-order valence-corrected chi connectivity index (χ4v) is 1.84. The van der Waals surface area contributed by atoms with E-state index >= 15 is 0 Å². The van der Waals surface area contributed by atoms with E-state index in [0.717, 1.165) is 12.8 Å². The molecule has 0 unspecified atom stereocenters. The van der Waals surface area contributed by atoms with Crippen molar-refractivity contribution in [3.05, 3.63) is 23.8 Å². The number of phenols is 1. The van der Waals surface area contributed by atoms with Gasteiger partial charge in [-0.1, -0.05) is 31.3 Å². The molecule has 0 saturated heterocycles. The zero-order valence-corrected chi connectivity index (χ0v) is 11.0. The van der Waals surface area contributed by atoms with Crippen LogP contribution in [-0.2, 0) is 0 Å². The van der Waals surface area contributed by atoms with E-state index in [0.29, 0.717) is 23.4 Å². The summed E-state index contributed by atoms with van der Waals surface area (Å²) in [5.74, 6) is 0.664. The monoisotopic (exact) mass is 251 g/mol. The molecule has 2 N–H and O–H groups in total. The number of hydrogen-bond acceptors (Lipinski definition) is 4. The fraction of sp³-hybridized carbons (Fsp3) is 0.500. The van der Waals surface area contributed by atoms with Gasteiger partial charge in [-0.05, 0) is 25.0 Å². The molecule has 0 saturated carbocycles. The van der Waals surface area contributed by atoms with Gasteiger partial charge in [0.1, 0.15) is 11.5 Å². The van der Waals surface area contributed by atoms with Gasteiger partial charge in [0.05, 0.1) is 12.8 Å². The van der Waals surface area contributed by atoms with Crippen LogP contribution in [0.5, 0.6) is 11.5 Å². The lowest BCUT2D eigenvalue weighted by Crippen LogP contribution is -2.02. The van der Waals surface area contributed by atoms with Gasteiger partial charge < -0.3 is 15.1 Å². The van der Waals surface area contributed by atoms with E-state index in [4.69, 9.17) is 9.94 Å². The van der Waals surface area contributed by atoms with Crippen molar-refractivity contribution < 1.29 is 15.1 Å². The first kappa shape index (κ1) is 14.4. The first-order valence-electron chi connectivity index (χ1n) is 6.31. The van der Waals surface area contributed by atoms with Crippen LogP contribution < -0.4 is 4.74 Å². The first-order chi connectivity index (χ1) is 8.72. The van der Waals surface area contributed by atoms with E-state index < -0.39 is 0 Å². The SMILES string of the molecule is CCCCCC/C(=N/O)c1ccc(OC)cc1O. The predicted molar refractivity (Wildman–Crippen MR) is 71.7 cm³/mol. The van der Waals surface area contributed by atoms with Gasteiger partial charge in [0.25, 0.3) is 0 Å². The Hall–Kier alpha value is -1.71. The van der Waals surface area contributed by atoms with Gasteiger partial charge in [0.2, 0.25) is 0 Å².